The Bertz CT molecular complexity index is 936. The Hall–Kier alpha value is -3.35. The lowest BCUT2D eigenvalue weighted by molar-refractivity contribution is 0.274. The van der Waals surface area contributed by atoms with Gasteiger partial charge in [-0.2, -0.15) is 15.0 Å². The highest BCUT2D eigenvalue weighted by Gasteiger charge is 2.13. The molecule has 3 rings (SSSR count). The van der Waals surface area contributed by atoms with Crippen LogP contribution in [0.15, 0.2) is 48.5 Å². The third-order valence-corrected chi connectivity index (χ3v) is 4.19. The third-order valence-electron chi connectivity index (χ3n) is 4.19. The number of anilines is 3. The van der Waals surface area contributed by atoms with E-state index in [0.29, 0.717) is 5.95 Å². The van der Waals surface area contributed by atoms with Crippen LogP contribution in [0.4, 0.5) is 17.6 Å². The van der Waals surface area contributed by atoms with Crippen molar-refractivity contribution >= 4 is 17.6 Å². The van der Waals surface area contributed by atoms with Crippen LogP contribution in [0.25, 0.3) is 0 Å². The summed E-state index contributed by atoms with van der Waals surface area (Å²) in [5.41, 5.74) is 8.89. The molecule has 0 bridgehead atoms. The number of nitrogens with two attached hydrogens (primary N) is 1. The van der Waals surface area contributed by atoms with Crippen molar-refractivity contribution in [1.29, 1.82) is 0 Å². The monoisotopic (exact) mass is 379 g/mol. The van der Waals surface area contributed by atoms with Gasteiger partial charge in [0, 0.05) is 11.3 Å². The fourth-order valence-electron chi connectivity index (χ4n) is 2.64. The fourth-order valence-corrected chi connectivity index (χ4v) is 2.64. The number of nitrogen functional groups attached to an aromatic ring is 1. The zero-order valence-electron chi connectivity index (χ0n) is 16.6. The van der Waals surface area contributed by atoms with Crippen molar-refractivity contribution in [1.82, 2.24) is 15.0 Å². The van der Waals surface area contributed by atoms with Crippen molar-refractivity contribution in [2.45, 2.75) is 32.8 Å². The number of nitrogens with one attached hydrogen (secondary N) is 1. The van der Waals surface area contributed by atoms with Crippen LogP contribution in [0.3, 0.4) is 0 Å². The maximum Gasteiger partial charge on any atom is 0.323 e. The van der Waals surface area contributed by atoms with Gasteiger partial charge in [-0.25, -0.2) is 0 Å². The molecule has 0 spiro atoms. The van der Waals surface area contributed by atoms with Crippen LogP contribution in [-0.2, 0) is 12.0 Å². The Labute approximate surface area is 165 Å². The maximum atomic E-state index is 5.81. The summed E-state index contributed by atoms with van der Waals surface area (Å²) in [6.07, 6.45) is 0. The number of hydrogen-bond donors (Lipinski definition) is 2. The summed E-state index contributed by atoms with van der Waals surface area (Å²) in [6, 6.07) is 15.9. The Morgan fingerprint density at radius 1 is 0.964 bits per heavy atom. The van der Waals surface area contributed by atoms with Crippen LogP contribution < -0.4 is 20.5 Å². The third kappa shape index (κ3) is 4.88. The minimum Gasteiger partial charge on any atom is -0.496 e. The molecule has 0 aliphatic rings. The summed E-state index contributed by atoms with van der Waals surface area (Å²) in [7, 11) is 1.62. The average Bonchev–Trinajstić information content (AvgIpc) is 2.66. The highest BCUT2D eigenvalue weighted by molar-refractivity contribution is 5.55. The largest absolute Gasteiger partial charge is 0.496 e. The number of ether oxygens (including phenoxy) is 2. The van der Waals surface area contributed by atoms with E-state index in [-0.39, 0.29) is 24.0 Å². The quantitative estimate of drug-likeness (QED) is 0.666. The van der Waals surface area contributed by atoms with E-state index >= 15 is 0 Å². The smallest absolute Gasteiger partial charge is 0.323 e. The Kier molecular flexibility index (Phi) is 5.63. The van der Waals surface area contributed by atoms with Crippen LogP contribution in [0.2, 0.25) is 0 Å². The van der Waals surface area contributed by atoms with E-state index in [4.69, 9.17) is 15.2 Å². The molecule has 146 valence electrons. The van der Waals surface area contributed by atoms with Gasteiger partial charge in [0.05, 0.1) is 7.11 Å². The molecule has 28 heavy (non-hydrogen) atoms. The van der Waals surface area contributed by atoms with Crippen molar-refractivity contribution in [2.24, 2.45) is 0 Å². The second-order valence-corrected chi connectivity index (χ2v) is 7.35. The van der Waals surface area contributed by atoms with Crippen LogP contribution >= 0.6 is 0 Å². The molecule has 0 unspecified atom stereocenters. The molecule has 1 aromatic heterocycles. The molecule has 0 saturated heterocycles. The van der Waals surface area contributed by atoms with Gasteiger partial charge >= 0.3 is 6.01 Å². The molecule has 7 nitrogen and oxygen atoms in total. The van der Waals surface area contributed by atoms with Crippen LogP contribution in [0.1, 0.15) is 31.9 Å². The van der Waals surface area contributed by atoms with Gasteiger partial charge in [-0.15, -0.1) is 0 Å². The number of hydrogen-bond acceptors (Lipinski definition) is 7. The van der Waals surface area contributed by atoms with E-state index in [1.54, 1.807) is 7.11 Å². The van der Waals surface area contributed by atoms with E-state index in [0.717, 1.165) is 17.0 Å². The fraction of sp³-hybridized carbons (Fsp3) is 0.286. The molecular weight excluding hydrogens is 354 g/mol. The summed E-state index contributed by atoms with van der Waals surface area (Å²) < 4.78 is 11.0. The summed E-state index contributed by atoms with van der Waals surface area (Å²) in [5.74, 6) is 1.15. The van der Waals surface area contributed by atoms with Crippen molar-refractivity contribution < 1.29 is 9.47 Å². The van der Waals surface area contributed by atoms with E-state index in [1.807, 2.05) is 36.4 Å². The van der Waals surface area contributed by atoms with Gasteiger partial charge in [-0.1, -0.05) is 51.1 Å². The van der Waals surface area contributed by atoms with Gasteiger partial charge in [-0.05, 0) is 29.2 Å². The molecule has 0 atom stereocenters. The molecule has 0 radical (unpaired) electrons. The number of methoxy groups -OCH3 is 1. The molecule has 3 aromatic rings. The summed E-state index contributed by atoms with van der Waals surface area (Å²) in [4.78, 5) is 12.5. The van der Waals surface area contributed by atoms with E-state index < -0.39 is 0 Å². The number of benzene rings is 2. The second kappa shape index (κ2) is 8.12. The minimum atomic E-state index is 0.0823. The molecular formula is C21H25N5O2. The molecule has 0 amide bonds. The first-order valence-electron chi connectivity index (χ1n) is 8.99. The Morgan fingerprint density at radius 2 is 1.68 bits per heavy atom. The normalized spacial score (nSPS) is 11.1. The predicted octanol–water partition coefficient (Wildman–Crippen LogP) is 4.08. The van der Waals surface area contributed by atoms with E-state index in [2.05, 4.69) is 53.2 Å². The lowest BCUT2D eigenvalue weighted by Gasteiger charge is -2.19. The molecule has 1 heterocycles. The summed E-state index contributed by atoms with van der Waals surface area (Å²) >= 11 is 0. The Balaban J connectivity index is 1.72. The predicted molar refractivity (Wildman–Crippen MR) is 110 cm³/mol. The van der Waals surface area contributed by atoms with Crippen molar-refractivity contribution in [3.63, 3.8) is 0 Å². The zero-order valence-corrected chi connectivity index (χ0v) is 16.6. The Morgan fingerprint density at radius 3 is 2.36 bits per heavy atom. The van der Waals surface area contributed by atoms with Crippen LogP contribution in [0, 0.1) is 0 Å². The minimum absolute atomic E-state index is 0.0823. The molecule has 0 aliphatic carbocycles. The molecule has 2 aromatic carbocycles. The number of nitrogens with zero attached hydrogens (tertiary/aromatic N) is 3. The van der Waals surface area contributed by atoms with E-state index in [9.17, 15) is 0 Å². The first-order chi connectivity index (χ1) is 13.3. The number of rotatable bonds is 6. The van der Waals surface area contributed by atoms with Crippen molar-refractivity contribution in [3.8, 4) is 11.8 Å². The topological polar surface area (TPSA) is 95.2 Å². The van der Waals surface area contributed by atoms with Crippen molar-refractivity contribution in [3.05, 3.63) is 59.7 Å². The number of aromatic nitrogens is 3. The van der Waals surface area contributed by atoms with Gasteiger partial charge in [0.25, 0.3) is 0 Å². The zero-order chi connectivity index (χ0) is 20.1. The van der Waals surface area contributed by atoms with Crippen LogP contribution in [0.5, 0.6) is 11.8 Å². The van der Waals surface area contributed by atoms with Crippen LogP contribution in [-0.4, -0.2) is 22.1 Å². The van der Waals surface area contributed by atoms with Crippen molar-refractivity contribution in [2.75, 3.05) is 18.2 Å². The van der Waals surface area contributed by atoms with Gasteiger partial charge in [-0.3, -0.25) is 0 Å². The van der Waals surface area contributed by atoms with Gasteiger partial charge in [0.1, 0.15) is 12.4 Å². The highest BCUT2D eigenvalue weighted by atomic mass is 16.5. The maximum absolute atomic E-state index is 5.81. The SMILES string of the molecule is COc1ccccc1COc1nc(N)nc(Nc2ccc(C(C)(C)C)cc2)n1. The lowest BCUT2D eigenvalue weighted by Crippen LogP contribution is -2.11. The first kappa shape index (κ1) is 19.4. The summed E-state index contributed by atoms with van der Waals surface area (Å²) in [6.45, 7) is 6.78. The lowest BCUT2D eigenvalue weighted by atomic mass is 9.87. The second-order valence-electron chi connectivity index (χ2n) is 7.35. The molecule has 7 heteroatoms. The molecule has 3 N–H and O–H groups in total. The van der Waals surface area contributed by atoms with E-state index in [1.165, 1.54) is 5.56 Å². The molecule has 0 saturated carbocycles. The number of para-hydroxylation sites is 1. The van der Waals surface area contributed by atoms with Gasteiger partial charge in [0.15, 0.2) is 0 Å². The standard InChI is InChI=1S/C21H25N5O2/c1-21(2,3)15-9-11-16(12-10-15)23-19-24-18(22)25-20(26-19)28-13-14-7-5-6-8-17(14)27-4/h5-12H,13H2,1-4H3,(H3,22,23,24,25,26). The van der Waals surface area contributed by atoms with Gasteiger partial charge in [0.2, 0.25) is 11.9 Å². The summed E-state index contributed by atoms with van der Waals surface area (Å²) in [5, 5.41) is 3.14. The molecule has 0 fully saturated rings. The van der Waals surface area contributed by atoms with Gasteiger partial charge < -0.3 is 20.5 Å². The average molecular weight is 379 g/mol. The highest BCUT2D eigenvalue weighted by Crippen LogP contribution is 2.25. The molecule has 0 aliphatic heterocycles. The first-order valence-corrected chi connectivity index (χ1v) is 8.99.